The molecule has 1 atom stereocenters. The zero-order valence-corrected chi connectivity index (χ0v) is 14.3. The van der Waals surface area contributed by atoms with Gasteiger partial charge in [-0.3, -0.25) is 9.59 Å². The minimum absolute atomic E-state index is 0.00334. The average Bonchev–Trinajstić information content (AvgIpc) is 2.48. The molecule has 1 rings (SSSR count). The van der Waals surface area contributed by atoms with Gasteiger partial charge in [0.25, 0.3) is 0 Å². The number of hydrogen-bond acceptors (Lipinski definition) is 3. The molecule has 0 aromatic heterocycles. The molecule has 0 spiro atoms. The van der Waals surface area contributed by atoms with Gasteiger partial charge in [-0.05, 0) is 58.7 Å². The maximum Gasteiger partial charge on any atom is 0.312 e. The Kier molecular flexibility index (Phi) is 7.28. The second kappa shape index (κ2) is 8.95. The number of carbonyl (C=O) groups is 2. The van der Waals surface area contributed by atoms with Gasteiger partial charge in [0.15, 0.2) is 11.9 Å². The number of benzene rings is 1. The Bertz CT molecular complexity index is 610. The van der Waals surface area contributed by atoms with E-state index >= 15 is 0 Å². The fraction of sp³-hybridized carbons (Fsp3) is 0.400. The van der Waals surface area contributed by atoms with E-state index in [1.165, 1.54) is 13.0 Å². The van der Waals surface area contributed by atoms with E-state index in [1.807, 2.05) is 51.1 Å². The lowest BCUT2D eigenvalue weighted by Gasteiger charge is -2.20. The third-order valence-corrected chi connectivity index (χ3v) is 2.96. The van der Waals surface area contributed by atoms with Gasteiger partial charge >= 0.3 is 5.97 Å². The monoisotopic (exact) mass is 312 g/mol. The molecule has 122 valence electrons. The Labute approximate surface area is 138 Å². The Morgan fingerprint density at radius 1 is 1.22 bits per heavy atom. The molecule has 0 radical (unpaired) electrons. The Hall–Kier alpha value is -2.34. The van der Waals surface area contributed by atoms with Crippen LogP contribution in [-0.4, -0.2) is 17.9 Å². The minimum atomic E-state index is -0.568. The van der Waals surface area contributed by atoms with E-state index in [2.05, 4.69) is 11.8 Å². The van der Waals surface area contributed by atoms with Gasteiger partial charge in [-0.15, -0.1) is 0 Å². The van der Waals surface area contributed by atoms with Crippen LogP contribution in [-0.2, 0) is 14.3 Å². The van der Waals surface area contributed by atoms with Crippen molar-refractivity contribution in [2.24, 2.45) is 5.41 Å². The van der Waals surface area contributed by atoms with E-state index in [0.29, 0.717) is 12.8 Å². The Morgan fingerprint density at radius 3 is 2.43 bits per heavy atom. The van der Waals surface area contributed by atoms with Crippen molar-refractivity contribution in [1.29, 1.82) is 0 Å². The zero-order valence-electron chi connectivity index (χ0n) is 14.3. The maximum absolute atomic E-state index is 12.1. The number of esters is 1. The van der Waals surface area contributed by atoms with Crippen LogP contribution in [0.3, 0.4) is 0 Å². The van der Waals surface area contributed by atoms with Crippen molar-refractivity contribution in [2.75, 3.05) is 0 Å². The Balaban J connectivity index is 2.78. The second-order valence-electron chi connectivity index (χ2n) is 6.37. The van der Waals surface area contributed by atoms with Crippen molar-refractivity contribution in [3.63, 3.8) is 0 Å². The van der Waals surface area contributed by atoms with Crippen LogP contribution in [0, 0.1) is 17.3 Å². The highest BCUT2D eigenvalue weighted by Gasteiger charge is 2.25. The summed E-state index contributed by atoms with van der Waals surface area (Å²) >= 11 is 0. The molecule has 1 aromatic rings. The van der Waals surface area contributed by atoms with E-state index in [-0.39, 0.29) is 11.8 Å². The van der Waals surface area contributed by atoms with Crippen LogP contribution in [0.1, 0.15) is 46.1 Å². The molecular weight excluding hydrogens is 288 g/mol. The number of ether oxygens (including phenoxy) is 1. The number of ketones is 1. The molecule has 3 heteroatoms. The highest BCUT2D eigenvalue weighted by atomic mass is 16.5. The quantitative estimate of drug-likeness (QED) is 0.470. The minimum Gasteiger partial charge on any atom is -0.449 e. The zero-order chi connectivity index (χ0) is 17.3. The van der Waals surface area contributed by atoms with Crippen LogP contribution in [0.4, 0.5) is 0 Å². The van der Waals surface area contributed by atoms with E-state index in [0.717, 1.165) is 5.56 Å². The van der Waals surface area contributed by atoms with Crippen molar-refractivity contribution in [2.45, 2.75) is 46.6 Å². The molecule has 0 aliphatic carbocycles. The first kappa shape index (κ1) is 18.7. The number of rotatable bonds is 5. The highest BCUT2D eigenvalue weighted by Crippen LogP contribution is 2.17. The summed E-state index contributed by atoms with van der Waals surface area (Å²) in [6.07, 6.45) is 4.01. The predicted molar refractivity (Wildman–Crippen MR) is 91.7 cm³/mol. The van der Waals surface area contributed by atoms with Crippen molar-refractivity contribution in [3.05, 3.63) is 48.0 Å². The third-order valence-electron chi connectivity index (χ3n) is 2.96. The van der Waals surface area contributed by atoms with Crippen LogP contribution in [0.5, 0.6) is 0 Å². The molecule has 0 saturated heterocycles. The summed E-state index contributed by atoms with van der Waals surface area (Å²) in [7, 11) is 0. The lowest BCUT2D eigenvalue weighted by molar-refractivity contribution is -0.156. The molecule has 0 heterocycles. The highest BCUT2D eigenvalue weighted by molar-refractivity contribution is 5.87. The molecule has 0 aliphatic heterocycles. The van der Waals surface area contributed by atoms with Gasteiger partial charge in [0.05, 0.1) is 5.41 Å². The summed E-state index contributed by atoms with van der Waals surface area (Å²) in [6.45, 7) is 6.94. The molecule has 0 aliphatic rings. The van der Waals surface area contributed by atoms with Crippen molar-refractivity contribution in [3.8, 4) is 11.8 Å². The molecule has 1 aromatic carbocycles. The van der Waals surface area contributed by atoms with E-state index < -0.39 is 11.5 Å². The van der Waals surface area contributed by atoms with Gasteiger partial charge in [-0.1, -0.05) is 36.1 Å². The van der Waals surface area contributed by atoms with Crippen molar-refractivity contribution in [1.82, 2.24) is 0 Å². The summed E-state index contributed by atoms with van der Waals surface area (Å²) in [6, 6.07) is 9.57. The average molecular weight is 312 g/mol. The summed E-state index contributed by atoms with van der Waals surface area (Å²) in [5.41, 5.74) is 0.311. The van der Waals surface area contributed by atoms with Crippen LogP contribution in [0.25, 0.3) is 0 Å². The van der Waals surface area contributed by atoms with Crippen molar-refractivity contribution >= 4 is 11.8 Å². The summed E-state index contributed by atoms with van der Waals surface area (Å²) in [5, 5.41) is 0. The van der Waals surface area contributed by atoms with Crippen LogP contribution >= 0.6 is 0 Å². The summed E-state index contributed by atoms with van der Waals surface area (Å²) < 4.78 is 5.51. The normalized spacial score (nSPS) is 12.3. The topological polar surface area (TPSA) is 43.4 Å². The number of hydrogen-bond donors (Lipinski definition) is 0. The van der Waals surface area contributed by atoms with Gasteiger partial charge < -0.3 is 4.74 Å². The molecule has 0 N–H and O–H groups in total. The van der Waals surface area contributed by atoms with Gasteiger partial charge in [0.2, 0.25) is 0 Å². The SMILES string of the molecule is CC(=O)/C=C/CCC(C#Cc1ccccc1)OC(=O)C(C)(C)C. The molecule has 0 amide bonds. The van der Waals surface area contributed by atoms with Gasteiger partial charge in [-0.25, -0.2) is 0 Å². The molecule has 23 heavy (non-hydrogen) atoms. The van der Waals surface area contributed by atoms with Crippen LogP contribution < -0.4 is 0 Å². The third kappa shape index (κ3) is 8.01. The summed E-state index contributed by atoms with van der Waals surface area (Å²) in [5.74, 6) is 5.77. The van der Waals surface area contributed by atoms with Gasteiger partial charge in [-0.2, -0.15) is 0 Å². The largest absolute Gasteiger partial charge is 0.449 e. The maximum atomic E-state index is 12.1. The van der Waals surface area contributed by atoms with E-state index in [9.17, 15) is 9.59 Å². The number of allylic oxidation sites excluding steroid dienone is 2. The molecule has 0 fully saturated rings. The molecule has 0 bridgehead atoms. The second-order valence-corrected chi connectivity index (χ2v) is 6.37. The lowest BCUT2D eigenvalue weighted by Crippen LogP contribution is -2.27. The first-order chi connectivity index (χ1) is 10.8. The Morgan fingerprint density at radius 2 is 1.87 bits per heavy atom. The van der Waals surface area contributed by atoms with Gasteiger partial charge in [0.1, 0.15) is 0 Å². The van der Waals surface area contributed by atoms with Gasteiger partial charge in [0, 0.05) is 5.56 Å². The van der Waals surface area contributed by atoms with E-state index in [4.69, 9.17) is 4.74 Å². The van der Waals surface area contributed by atoms with Crippen LogP contribution in [0.2, 0.25) is 0 Å². The lowest BCUT2D eigenvalue weighted by atomic mass is 9.97. The van der Waals surface area contributed by atoms with Crippen LogP contribution in [0.15, 0.2) is 42.5 Å². The first-order valence-corrected chi connectivity index (χ1v) is 7.74. The molecule has 3 nitrogen and oxygen atoms in total. The fourth-order valence-corrected chi connectivity index (χ4v) is 1.65. The van der Waals surface area contributed by atoms with E-state index in [1.54, 1.807) is 6.08 Å². The molecular formula is C20H24O3. The smallest absolute Gasteiger partial charge is 0.312 e. The molecule has 1 unspecified atom stereocenters. The predicted octanol–water partition coefficient (Wildman–Crippen LogP) is 3.92. The number of carbonyl (C=O) groups excluding carboxylic acids is 2. The standard InChI is InChI=1S/C20H24O3/c1-16(21)10-8-9-13-18(23-19(22)20(2,3)4)15-14-17-11-6-5-7-12-17/h5-8,10-12,18H,9,13H2,1-4H3/b10-8+. The molecule has 0 saturated carbocycles. The first-order valence-electron chi connectivity index (χ1n) is 7.74. The fourth-order valence-electron chi connectivity index (χ4n) is 1.65. The summed E-state index contributed by atoms with van der Waals surface area (Å²) in [4.78, 5) is 23.0. The van der Waals surface area contributed by atoms with Crippen molar-refractivity contribution < 1.29 is 14.3 Å².